The SMILES string of the molecule is COc1ccccc1-n1c(/C=C2/C(=O)Nc3ccc(C)cc32)nc2ccccc2c1=O. The standard InChI is InChI=1S/C25H19N3O3/c1-15-11-12-20-17(13-15)18(24(29)27-20)14-23-26-19-8-4-3-7-16(19)25(30)28(23)21-9-5-6-10-22(21)31-2/h3-14H,1-2H3,(H,27,29)/b18-14+. The average Bonchev–Trinajstić information content (AvgIpc) is 3.08. The minimum Gasteiger partial charge on any atom is -0.495 e. The van der Waals surface area contributed by atoms with Gasteiger partial charge < -0.3 is 10.1 Å². The fourth-order valence-corrected chi connectivity index (χ4v) is 3.87. The Hall–Kier alpha value is -4.19. The van der Waals surface area contributed by atoms with Gasteiger partial charge in [0.05, 0.1) is 29.3 Å². The number of hydrogen-bond donors (Lipinski definition) is 1. The molecule has 0 atom stereocenters. The van der Waals surface area contributed by atoms with Gasteiger partial charge in [0.25, 0.3) is 11.5 Å². The highest BCUT2D eigenvalue weighted by molar-refractivity contribution is 6.34. The summed E-state index contributed by atoms with van der Waals surface area (Å²) in [7, 11) is 1.56. The quantitative estimate of drug-likeness (QED) is 0.515. The van der Waals surface area contributed by atoms with Crippen LogP contribution in [0, 0.1) is 6.92 Å². The molecule has 5 rings (SSSR count). The zero-order chi connectivity index (χ0) is 21.5. The number of ether oxygens (including phenoxy) is 1. The molecule has 4 aromatic rings. The first-order valence-corrected chi connectivity index (χ1v) is 9.86. The van der Waals surface area contributed by atoms with Gasteiger partial charge in [0.2, 0.25) is 0 Å². The van der Waals surface area contributed by atoms with E-state index in [-0.39, 0.29) is 11.5 Å². The van der Waals surface area contributed by atoms with E-state index in [1.54, 1.807) is 43.5 Å². The van der Waals surface area contributed by atoms with E-state index in [2.05, 4.69) is 5.32 Å². The van der Waals surface area contributed by atoms with Gasteiger partial charge in [-0.2, -0.15) is 0 Å². The number of carbonyl (C=O) groups is 1. The van der Waals surface area contributed by atoms with Crippen LogP contribution in [0.5, 0.6) is 5.75 Å². The van der Waals surface area contributed by atoms with E-state index in [9.17, 15) is 9.59 Å². The van der Waals surface area contributed by atoms with Gasteiger partial charge in [-0.25, -0.2) is 4.98 Å². The zero-order valence-electron chi connectivity index (χ0n) is 17.0. The summed E-state index contributed by atoms with van der Waals surface area (Å²) in [5.41, 5.74) is 3.92. The molecule has 1 aliphatic rings. The first kappa shape index (κ1) is 18.8. The molecule has 1 aromatic heterocycles. The van der Waals surface area contributed by atoms with Crippen molar-refractivity contribution in [2.75, 3.05) is 12.4 Å². The summed E-state index contributed by atoms with van der Waals surface area (Å²) in [5, 5.41) is 3.37. The van der Waals surface area contributed by atoms with Gasteiger partial charge in [0, 0.05) is 11.3 Å². The van der Waals surface area contributed by atoms with Crippen molar-refractivity contribution in [1.29, 1.82) is 0 Å². The smallest absolute Gasteiger partial charge is 0.266 e. The summed E-state index contributed by atoms with van der Waals surface area (Å²) in [6.45, 7) is 1.97. The van der Waals surface area contributed by atoms with E-state index in [0.717, 1.165) is 16.8 Å². The second-order valence-electron chi connectivity index (χ2n) is 7.36. The maximum atomic E-state index is 13.5. The van der Waals surface area contributed by atoms with Gasteiger partial charge in [0.15, 0.2) is 0 Å². The number of nitrogens with one attached hydrogen (secondary N) is 1. The monoisotopic (exact) mass is 409 g/mol. The second-order valence-corrected chi connectivity index (χ2v) is 7.36. The Bertz CT molecular complexity index is 1450. The Labute approximate surface area is 178 Å². The van der Waals surface area contributed by atoms with Crippen molar-refractivity contribution >= 4 is 34.1 Å². The summed E-state index contributed by atoms with van der Waals surface area (Å²) in [4.78, 5) is 31.0. The number of carbonyl (C=O) groups excluding carboxylic acids is 1. The molecular formula is C25H19N3O3. The van der Waals surface area contributed by atoms with Crippen LogP contribution in [0.15, 0.2) is 71.5 Å². The van der Waals surface area contributed by atoms with E-state index in [1.165, 1.54) is 4.57 Å². The minimum absolute atomic E-state index is 0.227. The first-order valence-electron chi connectivity index (χ1n) is 9.86. The largest absolute Gasteiger partial charge is 0.495 e. The Kier molecular flexibility index (Phi) is 4.40. The molecule has 0 unspecified atom stereocenters. The number of methoxy groups -OCH3 is 1. The number of para-hydroxylation sites is 3. The van der Waals surface area contributed by atoms with Crippen molar-refractivity contribution in [2.45, 2.75) is 6.92 Å². The highest BCUT2D eigenvalue weighted by Crippen LogP contribution is 2.34. The molecule has 0 saturated carbocycles. The molecule has 0 fully saturated rings. The van der Waals surface area contributed by atoms with Crippen LogP contribution >= 0.6 is 0 Å². The summed E-state index contributed by atoms with van der Waals surface area (Å²) < 4.78 is 6.99. The third-order valence-electron chi connectivity index (χ3n) is 5.36. The lowest BCUT2D eigenvalue weighted by atomic mass is 10.0. The van der Waals surface area contributed by atoms with Crippen molar-refractivity contribution in [3.05, 3.63) is 94.0 Å². The summed E-state index contributed by atoms with van der Waals surface area (Å²) in [6, 6.07) is 20.2. The molecule has 31 heavy (non-hydrogen) atoms. The minimum atomic E-state index is -0.232. The van der Waals surface area contributed by atoms with Crippen LogP contribution in [0.2, 0.25) is 0 Å². The van der Waals surface area contributed by atoms with Gasteiger partial charge in [-0.05, 0) is 49.4 Å². The molecule has 0 saturated heterocycles. The van der Waals surface area contributed by atoms with Crippen molar-refractivity contribution in [3.8, 4) is 11.4 Å². The van der Waals surface area contributed by atoms with Crippen LogP contribution in [0.4, 0.5) is 5.69 Å². The average molecular weight is 409 g/mol. The van der Waals surface area contributed by atoms with Gasteiger partial charge >= 0.3 is 0 Å². The van der Waals surface area contributed by atoms with Gasteiger partial charge in [-0.1, -0.05) is 35.9 Å². The van der Waals surface area contributed by atoms with Crippen molar-refractivity contribution in [1.82, 2.24) is 9.55 Å². The number of benzene rings is 3. The highest BCUT2D eigenvalue weighted by atomic mass is 16.5. The maximum absolute atomic E-state index is 13.5. The topological polar surface area (TPSA) is 73.2 Å². The third kappa shape index (κ3) is 3.09. The van der Waals surface area contributed by atoms with E-state index >= 15 is 0 Å². The zero-order valence-corrected chi connectivity index (χ0v) is 17.0. The molecule has 6 nitrogen and oxygen atoms in total. The lowest BCUT2D eigenvalue weighted by molar-refractivity contribution is -0.110. The van der Waals surface area contributed by atoms with Crippen LogP contribution in [-0.2, 0) is 4.79 Å². The van der Waals surface area contributed by atoms with Crippen LogP contribution in [-0.4, -0.2) is 22.6 Å². The molecule has 1 N–H and O–H groups in total. The number of aryl methyl sites for hydroxylation is 1. The number of amides is 1. The number of fused-ring (bicyclic) bond motifs is 2. The summed E-state index contributed by atoms with van der Waals surface area (Å²) >= 11 is 0. The van der Waals surface area contributed by atoms with Crippen molar-refractivity contribution < 1.29 is 9.53 Å². The maximum Gasteiger partial charge on any atom is 0.266 e. The van der Waals surface area contributed by atoms with Crippen molar-refractivity contribution in [2.24, 2.45) is 0 Å². The fraction of sp³-hybridized carbons (Fsp3) is 0.0800. The molecule has 0 spiro atoms. The normalized spacial score (nSPS) is 14.0. The van der Waals surface area contributed by atoms with Gasteiger partial charge in [-0.15, -0.1) is 0 Å². The molecule has 1 amide bonds. The van der Waals surface area contributed by atoms with E-state index in [0.29, 0.717) is 33.7 Å². The summed E-state index contributed by atoms with van der Waals surface area (Å²) in [6.07, 6.45) is 1.67. The number of aromatic nitrogens is 2. The van der Waals surface area contributed by atoms with Gasteiger partial charge in [0.1, 0.15) is 11.6 Å². The molecule has 152 valence electrons. The Morgan fingerprint density at radius 1 is 1.00 bits per heavy atom. The predicted octanol–water partition coefficient (Wildman–Crippen LogP) is 4.20. The van der Waals surface area contributed by atoms with Gasteiger partial charge in [-0.3, -0.25) is 14.2 Å². The molecular weight excluding hydrogens is 390 g/mol. The van der Waals surface area contributed by atoms with Crippen LogP contribution in [0.1, 0.15) is 17.0 Å². The second kappa shape index (κ2) is 7.25. The predicted molar refractivity (Wildman–Crippen MR) is 122 cm³/mol. The molecule has 0 aliphatic carbocycles. The van der Waals surface area contributed by atoms with Crippen molar-refractivity contribution in [3.63, 3.8) is 0 Å². The third-order valence-corrected chi connectivity index (χ3v) is 5.36. The molecule has 6 heteroatoms. The molecule has 0 bridgehead atoms. The van der Waals surface area contributed by atoms with E-state index in [4.69, 9.17) is 9.72 Å². The molecule has 0 radical (unpaired) electrons. The lowest BCUT2D eigenvalue weighted by Gasteiger charge is -2.15. The van der Waals surface area contributed by atoms with E-state index in [1.807, 2.05) is 43.3 Å². The van der Waals surface area contributed by atoms with Crippen LogP contribution < -0.4 is 15.6 Å². The molecule has 3 aromatic carbocycles. The number of anilines is 1. The van der Waals surface area contributed by atoms with E-state index < -0.39 is 0 Å². The molecule has 2 heterocycles. The molecule has 1 aliphatic heterocycles. The Balaban J connectivity index is 1.84. The summed E-state index contributed by atoms with van der Waals surface area (Å²) in [5.74, 6) is 0.663. The Morgan fingerprint density at radius 3 is 2.61 bits per heavy atom. The highest BCUT2D eigenvalue weighted by Gasteiger charge is 2.25. The number of nitrogens with zero attached hydrogens (tertiary/aromatic N) is 2. The number of rotatable bonds is 3. The van der Waals surface area contributed by atoms with Crippen LogP contribution in [0.25, 0.3) is 28.2 Å². The van der Waals surface area contributed by atoms with Crippen LogP contribution in [0.3, 0.4) is 0 Å². The lowest BCUT2D eigenvalue weighted by Crippen LogP contribution is -2.23. The Morgan fingerprint density at radius 2 is 1.77 bits per heavy atom. The number of hydrogen-bond acceptors (Lipinski definition) is 4. The fourth-order valence-electron chi connectivity index (χ4n) is 3.87. The first-order chi connectivity index (χ1) is 15.1.